The van der Waals surface area contributed by atoms with Crippen LogP contribution in [0.3, 0.4) is 0 Å². The number of carbonyl (C=O) groups is 2. The maximum Gasteiger partial charge on any atom is 0.338 e. The second-order valence-corrected chi connectivity index (χ2v) is 5.95. The predicted octanol–water partition coefficient (Wildman–Crippen LogP) is 2.35. The summed E-state index contributed by atoms with van der Waals surface area (Å²) in [4.78, 5) is 25.9. The van der Waals surface area contributed by atoms with Crippen LogP contribution in [0.2, 0.25) is 0 Å². The molecule has 0 N–H and O–H groups in total. The first kappa shape index (κ1) is 16.2. The third-order valence-electron chi connectivity index (χ3n) is 4.22. The van der Waals surface area contributed by atoms with E-state index in [2.05, 4.69) is 5.10 Å². The summed E-state index contributed by atoms with van der Waals surface area (Å²) in [5, 5.41) is 4.22. The summed E-state index contributed by atoms with van der Waals surface area (Å²) in [6.07, 6.45) is 4.93. The number of benzene rings is 1. The molecule has 6 heteroatoms. The van der Waals surface area contributed by atoms with Crippen LogP contribution in [0.1, 0.15) is 35.3 Å². The van der Waals surface area contributed by atoms with Crippen molar-refractivity contribution in [1.29, 1.82) is 0 Å². The molecule has 0 spiro atoms. The quantitative estimate of drug-likeness (QED) is 0.809. The summed E-state index contributed by atoms with van der Waals surface area (Å²) in [5.74, 6) is -0.601. The van der Waals surface area contributed by atoms with Crippen LogP contribution in [-0.2, 0) is 9.53 Å². The van der Waals surface area contributed by atoms with Gasteiger partial charge in [-0.2, -0.15) is 5.10 Å². The van der Waals surface area contributed by atoms with Crippen LogP contribution in [0.5, 0.6) is 0 Å². The molecule has 0 aliphatic carbocycles. The number of nitrogens with zero attached hydrogens (tertiary/aromatic N) is 3. The van der Waals surface area contributed by atoms with E-state index in [9.17, 15) is 9.59 Å². The number of carbonyl (C=O) groups excluding carboxylic acids is 2. The molecule has 6 nitrogen and oxygen atoms in total. The largest absolute Gasteiger partial charge is 0.452 e. The lowest BCUT2D eigenvalue weighted by Crippen LogP contribution is -2.38. The van der Waals surface area contributed by atoms with Gasteiger partial charge in [0.2, 0.25) is 0 Å². The highest BCUT2D eigenvalue weighted by atomic mass is 16.5. The van der Waals surface area contributed by atoms with Crippen molar-refractivity contribution >= 4 is 11.9 Å². The number of rotatable bonds is 4. The van der Waals surface area contributed by atoms with Crippen LogP contribution in [0.4, 0.5) is 0 Å². The lowest BCUT2D eigenvalue weighted by molar-refractivity contribution is -0.135. The van der Waals surface area contributed by atoms with E-state index in [0.717, 1.165) is 43.7 Å². The minimum absolute atomic E-state index is 0.119. The average Bonchev–Trinajstić information content (AvgIpc) is 3.06. The van der Waals surface area contributed by atoms with Gasteiger partial charge in [-0.15, -0.1) is 0 Å². The van der Waals surface area contributed by atoms with E-state index < -0.39 is 5.97 Å². The molecule has 0 saturated carbocycles. The molecule has 1 amide bonds. The highest BCUT2D eigenvalue weighted by Crippen LogP contribution is 2.13. The first-order valence-electron chi connectivity index (χ1n) is 8.21. The van der Waals surface area contributed by atoms with Crippen molar-refractivity contribution in [1.82, 2.24) is 14.7 Å². The van der Waals surface area contributed by atoms with Crippen LogP contribution in [0.15, 0.2) is 36.5 Å². The lowest BCUT2D eigenvalue weighted by Gasteiger charge is -2.26. The van der Waals surface area contributed by atoms with E-state index in [0.29, 0.717) is 5.56 Å². The Hall–Kier alpha value is -2.63. The minimum Gasteiger partial charge on any atom is -0.452 e. The Balaban J connectivity index is 1.57. The Morgan fingerprint density at radius 3 is 2.42 bits per heavy atom. The van der Waals surface area contributed by atoms with Gasteiger partial charge in [-0.05, 0) is 56.5 Å². The fraction of sp³-hybridized carbons (Fsp3) is 0.389. The molecule has 24 heavy (non-hydrogen) atoms. The number of ether oxygens (including phenoxy) is 1. The molecule has 1 aliphatic heterocycles. The second-order valence-electron chi connectivity index (χ2n) is 5.95. The molecule has 1 aromatic heterocycles. The molecule has 1 aromatic carbocycles. The van der Waals surface area contributed by atoms with Gasteiger partial charge >= 0.3 is 5.97 Å². The molecule has 126 valence electrons. The SMILES string of the molecule is Cc1ccnn1-c1ccc(C(=O)OCC(=O)N2CCCCC2)cc1. The summed E-state index contributed by atoms with van der Waals surface area (Å²) in [6.45, 7) is 3.28. The van der Waals surface area contributed by atoms with Gasteiger partial charge in [0.15, 0.2) is 6.61 Å². The zero-order valence-electron chi connectivity index (χ0n) is 13.8. The maximum absolute atomic E-state index is 12.1. The number of likely N-dealkylation sites (tertiary alicyclic amines) is 1. The Bertz CT molecular complexity index is 715. The van der Waals surface area contributed by atoms with Crippen molar-refractivity contribution in [3.05, 3.63) is 47.8 Å². The average molecular weight is 327 g/mol. The van der Waals surface area contributed by atoms with Crippen LogP contribution < -0.4 is 0 Å². The fourth-order valence-electron chi connectivity index (χ4n) is 2.82. The summed E-state index contributed by atoms with van der Waals surface area (Å²) in [6, 6.07) is 8.90. The van der Waals surface area contributed by atoms with Gasteiger partial charge in [0.05, 0.1) is 11.3 Å². The standard InChI is InChI=1S/C18H21N3O3/c1-14-9-10-19-21(14)16-7-5-15(6-8-16)18(23)24-13-17(22)20-11-3-2-4-12-20/h5-10H,2-4,11-13H2,1H3. The van der Waals surface area contributed by atoms with E-state index in [4.69, 9.17) is 4.74 Å². The van der Waals surface area contributed by atoms with Crippen molar-refractivity contribution in [3.63, 3.8) is 0 Å². The monoisotopic (exact) mass is 327 g/mol. The van der Waals surface area contributed by atoms with Crippen LogP contribution in [0, 0.1) is 6.92 Å². The molecular formula is C18H21N3O3. The van der Waals surface area contributed by atoms with Crippen molar-refractivity contribution in [2.75, 3.05) is 19.7 Å². The molecule has 0 atom stereocenters. The van der Waals surface area contributed by atoms with Crippen molar-refractivity contribution < 1.29 is 14.3 Å². The predicted molar refractivity (Wildman–Crippen MR) is 89.0 cm³/mol. The van der Waals surface area contributed by atoms with Gasteiger partial charge in [0.1, 0.15) is 0 Å². The highest BCUT2D eigenvalue weighted by Gasteiger charge is 2.18. The lowest BCUT2D eigenvalue weighted by atomic mass is 10.1. The smallest absolute Gasteiger partial charge is 0.338 e. The first-order valence-corrected chi connectivity index (χ1v) is 8.21. The zero-order valence-corrected chi connectivity index (χ0v) is 13.8. The Kier molecular flexibility index (Phi) is 4.93. The number of aryl methyl sites for hydroxylation is 1. The fourth-order valence-corrected chi connectivity index (χ4v) is 2.82. The van der Waals surface area contributed by atoms with Crippen LogP contribution >= 0.6 is 0 Å². The van der Waals surface area contributed by atoms with Crippen LogP contribution in [-0.4, -0.2) is 46.3 Å². The molecule has 1 saturated heterocycles. The van der Waals surface area contributed by atoms with E-state index in [1.54, 1.807) is 27.9 Å². The number of hydrogen-bond donors (Lipinski definition) is 0. The molecule has 0 bridgehead atoms. The molecule has 1 fully saturated rings. The van der Waals surface area contributed by atoms with Gasteiger partial charge in [-0.25, -0.2) is 9.48 Å². The van der Waals surface area contributed by atoms with Gasteiger partial charge in [-0.1, -0.05) is 0 Å². The van der Waals surface area contributed by atoms with Crippen molar-refractivity contribution in [2.45, 2.75) is 26.2 Å². The Morgan fingerprint density at radius 1 is 1.08 bits per heavy atom. The summed E-state index contributed by atoms with van der Waals surface area (Å²) < 4.78 is 6.93. The van der Waals surface area contributed by atoms with E-state index in [1.807, 2.05) is 25.1 Å². The molecule has 2 heterocycles. The third kappa shape index (κ3) is 3.64. The topological polar surface area (TPSA) is 64.4 Å². The summed E-state index contributed by atoms with van der Waals surface area (Å²) in [7, 11) is 0. The van der Waals surface area contributed by atoms with Gasteiger partial charge in [-0.3, -0.25) is 4.79 Å². The van der Waals surface area contributed by atoms with Crippen LogP contribution in [0.25, 0.3) is 5.69 Å². The Labute approximate surface area is 141 Å². The molecule has 0 unspecified atom stereocenters. The van der Waals surface area contributed by atoms with E-state index in [-0.39, 0.29) is 12.5 Å². The maximum atomic E-state index is 12.1. The summed E-state index contributed by atoms with van der Waals surface area (Å²) >= 11 is 0. The van der Waals surface area contributed by atoms with Gasteiger partial charge in [0, 0.05) is 25.0 Å². The third-order valence-corrected chi connectivity index (χ3v) is 4.22. The Morgan fingerprint density at radius 2 is 1.79 bits per heavy atom. The molecule has 3 rings (SSSR count). The van der Waals surface area contributed by atoms with Gasteiger partial charge < -0.3 is 9.64 Å². The number of amides is 1. The molecule has 2 aromatic rings. The molecular weight excluding hydrogens is 306 g/mol. The summed E-state index contributed by atoms with van der Waals surface area (Å²) in [5.41, 5.74) is 2.31. The van der Waals surface area contributed by atoms with Crippen molar-refractivity contribution in [3.8, 4) is 5.69 Å². The van der Waals surface area contributed by atoms with E-state index >= 15 is 0 Å². The number of esters is 1. The first-order chi connectivity index (χ1) is 11.6. The number of piperidine rings is 1. The zero-order chi connectivity index (χ0) is 16.9. The van der Waals surface area contributed by atoms with E-state index in [1.165, 1.54) is 0 Å². The number of aromatic nitrogens is 2. The normalized spacial score (nSPS) is 14.5. The minimum atomic E-state index is -0.482. The highest BCUT2D eigenvalue weighted by molar-refractivity contribution is 5.91. The second kappa shape index (κ2) is 7.29. The molecule has 0 radical (unpaired) electrons. The molecule has 1 aliphatic rings. The van der Waals surface area contributed by atoms with Gasteiger partial charge in [0.25, 0.3) is 5.91 Å². The van der Waals surface area contributed by atoms with Crippen molar-refractivity contribution in [2.24, 2.45) is 0 Å². The number of hydrogen-bond acceptors (Lipinski definition) is 4.